The third kappa shape index (κ3) is 7.65. The SMILES string of the molecule is CC(C)CNC(=O)C=CC=CCCCCOc1cccc2ccc(F)cc12. The summed E-state index contributed by atoms with van der Waals surface area (Å²) < 4.78 is 19.3. The number of ether oxygens (including phenoxy) is 1. The number of benzene rings is 2. The molecule has 0 aliphatic heterocycles. The molecule has 0 aromatic heterocycles. The molecule has 0 atom stereocenters. The van der Waals surface area contributed by atoms with Gasteiger partial charge < -0.3 is 10.1 Å². The van der Waals surface area contributed by atoms with Crippen molar-refractivity contribution in [3.05, 3.63) is 66.5 Å². The van der Waals surface area contributed by atoms with Crippen LogP contribution in [0.2, 0.25) is 0 Å². The second-order valence-corrected chi connectivity index (χ2v) is 6.89. The summed E-state index contributed by atoms with van der Waals surface area (Å²) in [6, 6.07) is 10.5. The van der Waals surface area contributed by atoms with Crippen molar-refractivity contribution < 1.29 is 13.9 Å². The number of amides is 1. The van der Waals surface area contributed by atoms with Crippen LogP contribution in [0, 0.1) is 11.7 Å². The first-order valence-electron chi connectivity index (χ1n) is 9.48. The van der Waals surface area contributed by atoms with Crippen LogP contribution in [-0.2, 0) is 4.79 Å². The van der Waals surface area contributed by atoms with Crippen LogP contribution < -0.4 is 10.1 Å². The van der Waals surface area contributed by atoms with Crippen LogP contribution in [0.3, 0.4) is 0 Å². The number of rotatable bonds is 10. The Hall–Kier alpha value is -2.62. The van der Waals surface area contributed by atoms with Crippen LogP contribution in [0.4, 0.5) is 4.39 Å². The predicted octanol–water partition coefficient (Wildman–Crippen LogP) is 5.41. The highest BCUT2D eigenvalue weighted by Gasteiger charge is 2.03. The number of nitrogens with one attached hydrogen (secondary N) is 1. The molecule has 2 aromatic rings. The Bertz CT molecular complexity index is 796. The number of allylic oxidation sites excluding steroid dienone is 3. The summed E-state index contributed by atoms with van der Waals surface area (Å²) in [5.74, 6) is 0.855. The quantitative estimate of drug-likeness (QED) is 0.345. The normalized spacial score (nSPS) is 11.7. The Kier molecular flexibility index (Phi) is 8.56. The van der Waals surface area contributed by atoms with Gasteiger partial charge in [0.2, 0.25) is 5.91 Å². The standard InChI is InChI=1S/C23H28FNO2/c1-18(2)17-25-23(26)12-7-5-3-4-6-8-15-27-22-11-9-10-19-13-14-20(24)16-21(19)22/h3,5,7,9-14,16,18H,4,6,8,15,17H2,1-2H3,(H,25,26). The predicted molar refractivity (Wildman–Crippen MR) is 109 cm³/mol. The fourth-order valence-electron chi connectivity index (χ4n) is 2.57. The van der Waals surface area contributed by atoms with E-state index in [1.165, 1.54) is 12.1 Å². The van der Waals surface area contributed by atoms with Gasteiger partial charge in [-0.25, -0.2) is 4.39 Å². The van der Waals surface area contributed by atoms with Crippen molar-refractivity contribution in [2.75, 3.05) is 13.2 Å². The van der Waals surface area contributed by atoms with Crippen molar-refractivity contribution in [3.8, 4) is 5.75 Å². The summed E-state index contributed by atoms with van der Waals surface area (Å²) in [6.07, 6.45) is 10.1. The molecule has 27 heavy (non-hydrogen) atoms. The molecule has 0 aliphatic rings. The Morgan fingerprint density at radius 2 is 2.04 bits per heavy atom. The van der Waals surface area contributed by atoms with Crippen LogP contribution in [0.25, 0.3) is 10.8 Å². The second kappa shape index (κ2) is 11.2. The number of fused-ring (bicyclic) bond motifs is 1. The van der Waals surface area contributed by atoms with Crippen LogP contribution in [0.15, 0.2) is 60.7 Å². The fourth-order valence-corrected chi connectivity index (χ4v) is 2.57. The third-order valence-electron chi connectivity index (χ3n) is 4.01. The van der Waals surface area contributed by atoms with E-state index in [1.54, 1.807) is 18.2 Å². The van der Waals surface area contributed by atoms with Gasteiger partial charge in [-0.05, 0) is 48.8 Å². The third-order valence-corrected chi connectivity index (χ3v) is 4.01. The van der Waals surface area contributed by atoms with E-state index in [9.17, 15) is 9.18 Å². The van der Waals surface area contributed by atoms with Gasteiger partial charge in [0, 0.05) is 18.0 Å². The summed E-state index contributed by atoms with van der Waals surface area (Å²) in [5.41, 5.74) is 0. The van der Waals surface area contributed by atoms with E-state index < -0.39 is 0 Å². The van der Waals surface area contributed by atoms with Crippen molar-refractivity contribution in [1.29, 1.82) is 0 Å². The minimum Gasteiger partial charge on any atom is -0.493 e. The summed E-state index contributed by atoms with van der Waals surface area (Å²) >= 11 is 0. The lowest BCUT2D eigenvalue weighted by atomic mass is 10.1. The Morgan fingerprint density at radius 1 is 1.19 bits per heavy atom. The Balaban J connectivity index is 1.65. The van der Waals surface area contributed by atoms with E-state index in [0.717, 1.165) is 35.8 Å². The molecule has 2 rings (SSSR count). The molecule has 3 nitrogen and oxygen atoms in total. The molecular formula is C23H28FNO2. The average molecular weight is 369 g/mol. The Morgan fingerprint density at radius 3 is 2.85 bits per heavy atom. The minimum absolute atomic E-state index is 0.0618. The number of carbonyl (C=O) groups excluding carboxylic acids is 1. The Labute approximate surface area is 160 Å². The highest BCUT2D eigenvalue weighted by Crippen LogP contribution is 2.26. The number of halogens is 1. The molecule has 0 fully saturated rings. The van der Waals surface area contributed by atoms with Crippen LogP contribution >= 0.6 is 0 Å². The first-order valence-corrected chi connectivity index (χ1v) is 9.48. The summed E-state index contributed by atoms with van der Waals surface area (Å²) in [5, 5.41) is 4.61. The smallest absolute Gasteiger partial charge is 0.243 e. The van der Waals surface area contributed by atoms with Gasteiger partial charge in [-0.15, -0.1) is 0 Å². The van der Waals surface area contributed by atoms with Crippen molar-refractivity contribution >= 4 is 16.7 Å². The van der Waals surface area contributed by atoms with E-state index in [0.29, 0.717) is 19.1 Å². The molecule has 4 heteroatoms. The van der Waals surface area contributed by atoms with Crippen molar-refractivity contribution in [3.63, 3.8) is 0 Å². The first kappa shape index (κ1) is 20.7. The first-order chi connectivity index (χ1) is 13.1. The largest absolute Gasteiger partial charge is 0.493 e. The number of unbranched alkanes of at least 4 members (excludes halogenated alkanes) is 2. The molecule has 0 saturated carbocycles. The molecule has 0 aliphatic carbocycles. The van der Waals surface area contributed by atoms with Crippen LogP contribution in [0.1, 0.15) is 33.1 Å². The molecule has 144 valence electrons. The lowest BCUT2D eigenvalue weighted by Gasteiger charge is -2.09. The summed E-state index contributed by atoms with van der Waals surface area (Å²) in [6.45, 7) is 5.41. The monoisotopic (exact) mass is 369 g/mol. The van der Waals surface area contributed by atoms with Crippen molar-refractivity contribution in [2.45, 2.75) is 33.1 Å². The van der Waals surface area contributed by atoms with Crippen molar-refractivity contribution in [1.82, 2.24) is 5.32 Å². The molecule has 1 N–H and O–H groups in total. The highest BCUT2D eigenvalue weighted by molar-refractivity contribution is 5.88. The molecule has 0 spiro atoms. The van der Waals surface area contributed by atoms with Gasteiger partial charge in [0.25, 0.3) is 0 Å². The number of hydrogen-bond donors (Lipinski definition) is 1. The number of carbonyl (C=O) groups is 1. The molecular weight excluding hydrogens is 341 g/mol. The minimum atomic E-state index is -0.255. The molecule has 0 bridgehead atoms. The lowest BCUT2D eigenvalue weighted by Crippen LogP contribution is -2.25. The molecule has 0 saturated heterocycles. The zero-order valence-corrected chi connectivity index (χ0v) is 16.1. The number of hydrogen-bond acceptors (Lipinski definition) is 2. The lowest BCUT2D eigenvalue weighted by molar-refractivity contribution is -0.116. The van der Waals surface area contributed by atoms with Gasteiger partial charge in [0.05, 0.1) is 6.61 Å². The molecule has 0 radical (unpaired) electrons. The van der Waals surface area contributed by atoms with E-state index >= 15 is 0 Å². The van der Waals surface area contributed by atoms with E-state index in [2.05, 4.69) is 19.2 Å². The molecule has 1 amide bonds. The van der Waals surface area contributed by atoms with Gasteiger partial charge >= 0.3 is 0 Å². The van der Waals surface area contributed by atoms with E-state index in [1.807, 2.05) is 30.4 Å². The summed E-state index contributed by atoms with van der Waals surface area (Å²) in [4.78, 5) is 11.5. The van der Waals surface area contributed by atoms with E-state index in [-0.39, 0.29) is 11.7 Å². The fraction of sp³-hybridized carbons (Fsp3) is 0.348. The van der Waals surface area contributed by atoms with Crippen molar-refractivity contribution in [2.24, 2.45) is 5.92 Å². The summed E-state index contributed by atoms with van der Waals surface area (Å²) in [7, 11) is 0. The van der Waals surface area contributed by atoms with Gasteiger partial charge in [0.15, 0.2) is 0 Å². The van der Waals surface area contributed by atoms with Crippen LogP contribution in [0.5, 0.6) is 5.75 Å². The molecule has 0 unspecified atom stereocenters. The van der Waals surface area contributed by atoms with Gasteiger partial charge in [-0.2, -0.15) is 0 Å². The molecule has 2 aromatic carbocycles. The molecule has 0 heterocycles. The zero-order valence-electron chi connectivity index (χ0n) is 16.1. The van der Waals surface area contributed by atoms with Gasteiger partial charge in [-0.1, -0.05) is 50.3 Å². The average Bonchev–Trinajstić information content (AvgIpc) is 2.65. The second-order valence-electron chi connectivity index (χ2n) is 6.89. The van der Waals surface area contributed by atoms with E-state index in [4.69, 9.17) is 4.74 Å². The topological polar surface area (TPSA) is 38.3 Å². The maximum absolute atomic E-state index is 13.4. The van der Waals surface area contributed by atoms with Gasteiger partial charge in [0.1, 0.15) is 11.6 Å². The van der Waals surface area contributed by atoms with Crippen LogP contribution in [-0.4, -0.2) is 19.1 Å². The highest BCUT2D eigenvalue weighted by atomic mass is 19.1. The maximum Gasteiger partial charge on any atom is 0.243 e. The zero-order chi connectivity index (χ0) is 19.5. The maximum atomic E-state index is 13.4. The van der Waals surface area contributed by atoms with Gasteiger partial charge in [-0.3, -0.25) is 4.79 Å².